The van der Waals surface area contributed by atoms with Crippen molar-refractivity contribution in [2.75, 3.05) is 11.9 Å². The standard InChI is InChI=1S/C26H27ClN4O3/c27-19-7-11-22(12-8-19)34-23-13-9-21(10-14-23)30-26(33)24(31-25(32)16-20(29)17-28)15-6-18-4-2-1-3-5-18/h1-5,7-14,24,29H,6,15-17,28H2,(H,30,33)(H,31,32). The number of ether oxygens (including phenoxy) is 1. The van der Waals surface area contributed by atoms with Gasteiger partial charge in [-0.05, 0) is 66.9 Å². The van der Waals surface area contributed by atoms with Crippen LogP contribution in [0.15, 0.2) is 78.9 Å². The molecule has 0 bridgehead atoms. The first-order valence-corrected chi connectivity index (χ1v) is 11.2. The zero-order valence-electron chi connectivity index (χ0n) is 18.6. The number of aryl methyl sites for hydroxylation is 1. The SMILES string of the molecule is N=C(CN)CC(=O)NC(CCc1ccccc1)C(=O)Nc1ccc(Oc2ccc(Cl)cc2)cc1. The molecule has 0 fully saturated rings. The van der Waals surface area contributed by atoms with Crippen LogP contribution in [0.3, 0.4) is 0 Å². The van der Waals surface area contributed by atoms with Gasteiger partial charge in [0.15, 0.2) is 0 Å². The van der Waals surface area contributed by atoms with E-state index in [2.05, 4.69) is 10.6 Å². The molecule has 0 aliphatic carbocycles. The summed E-state index contributed by atoms with van der Waals surface area (Å²) in [6.07, 6.45) is 0.888. The molecule has 1 unspecified atom stereocenters. The number of nitrogens with two attached hydrogens (primary N) is 1. The minimum Gasteiger partial charge on any atom is -0.457 e. The third kappa shape index (κ3) is 8.03. The molecule has 5 N–H and O–H groups in total. The number of benzene rings is 3. The van der Waals surface area contributed by atoms with Gasteiger partial charge in [0.1, 0.15) is 17.5 Å². The summed E-state index contributed by atoms with van der Waals surface area (Å²) >= 11 is 5.89. The van der Waals surface area contributed by atoms with E-state index in [4.69, 9.17) is 27.5 Å². The van der Waals surface area contributed by atoms with Crippen molar-refractivity contribution in [3.05, 3.63) is 89.4 Å². The van der Waals surface area contributed by atoms with Gasteiger partial charge in [0.05, 0.1) is 6.42 Å². The summed E-state index contributed by atoms with van der Waals surface area (Å²) < 4.78 is 5.77. The van der Waals surface area contributed by atoms with Gasteiger partial charge >= 0.3 is 0 Å². The van der Waals surface area contributed by atoms with E-state index in [1.54, 1.807) is 48.5 Å². The number of hydrogen-bond donors (Lipinski definition) is 4. The third-order valence-corrected chi connectivity index (χ3v) is 5.26. The zero-order chi connectivity index (χ0) is 24.3. The maximum Gasteiger partial charge on any atom is 0.246 e. The predicted molar refractivity (Wildman–Crippen MR) is 135 cm³/mol. The van der Waals surface area contributed by atoms with Crippen LogP contribution in [0.2, 0.25) is 5.02 Å². The summed E-state index contributed by atoms with van der Waals surface area (Å²) in [4.78, 5) is 25.3. The van der Waals surface area contributed by atoms with Crippen molar-refractivity contribution in [2.45, 2.75) is 25.3 Å². The Labute approximate surface area is 203 Å². The lowest BCUT2D eigenvalue weighted by Gasteiger charge is -2.19. The number of nitrogens with one attached hydrogen (secondary N) is 3. The van der Waals surface area contributed by atoms with E-state index in [0.717, 1.165) is 5.56 Å². The van der Waals surface area contributed by atoms with E-state index in [-0.39, 0.29) is 24.6 Å². The van der Waals surface area contributed by atoms with Crippen molar-refractivity contribution < 1.29 is 14.3 Å². The second kappa shape index (κ2) is 12.5. The Morgan fingerprint density at radius 3 is 2.18 bits per heavy atom. The van der Waals surface area contributed by atoms with Crippen LogP contribution in [-0.2, 0) is 16.0 Å². The van der Waals surface area contributed by atoms with E-state index >= 15 is 0 Å². The highest BCUT2D eigenvalue weighted by atomic mass is 35.5. The molecule has 8 heteroatoms. The van der Waals surface area contributed by atoms with Crippen LogP contribution in [0.5, 0.6) is 11.5 Å². The normalized spacial score (nSPS) is 11.4. The van der Waals surface area contributed by atoms with Crippen molar-refractivity contribution >= 4 is 34.8 Å². The van der Waals surface area contributed by atoms with Crippen LogP contribution in [0.1, 0.15) is 18.4 Å². The van der Waals surface area contributed by atoms with Crippen LogP contribution >= 0.6 is 11.6 Å². The molecule has 0 saturated carbocycles. The van der Waals surface area contributed by atoms with E-state index in [1.807, 2.05) is 30.3 Å². The highest BCUT2D eigenvalue weighted by molar-refractivity contribution is 6.30. The lowest BCUT2D eigenvalue weighted by Crippen LogP contribution is -2.44. The summed E-state index contributed by atoms with van der Waals surface area (Å²) in [5.41, 5.74) is 7.16. The third-order valence-electron chi connectivity index (χ3n) is 5.01. The summed E-state index contributed by atoms with van der Waals surface area (Å²) in [6, 6.07) is 22.9. The fourth-order valence-electron chi connectivity index (χ4n) is 3.21. The van der Waals surface area contributed by atoms with Crippen LogP contribution in [-0.4, -0.2) is 30.1 Å². The highest BCUT2D eigenvalue weighted by Crippen LogP contribution is 2.24. The molecule has 0 aliphatic rings. The van der Waals surface area contributed by atoms with Crippen LogP contribution in [0, 0.1) is 5.41 Å². The molecule has 0 radical (unpaired) electrons. The van der Waals surface area contributed by atoms with E-state index in [9.17, 15) is 9.59 Å². The van der Waals surface area contributed by atoms with Crippen LogP contribution in [0.4, 0.5) is 5.69 Å². The van der Waals surface area contributed by atoms with Gasteiger partial charge in [-0.15, -0.1) is 0 Å². The average Bonchev–Trinajstić information content (AvgIpc) is 2.84. The number of amides is 2. The number of rotatable bonds is 11. The minimum absolute atomic E-state index is 0.00125. The molecule has 0 heterocycles. The molecule has 0 aliphatic heterocycles. The first kappa shape index (κ1) is 25.0. The van der Waals surface area contributed by atoms with Crippen molar-refractivity contribution in [2.24, 2.45) is 5.73 Å². The molecular weight excluding hydrogens is 452 g/mol. The lowest BCUT2D eigenvalue weighted by atomic mass is 10.0. The Morgan fingerprint density at radius 1 is 0.941 bits per heavy atom. The predicted octanol–water partition coefficient (Wildman–Crippen LogP) is 4.56. The number of halogens is 1. The molecule has 3 aromatic rings. The van der Waals surface area contributed by atoms with Gasteiger partial charge in [-0.3, -0.25) is 9.59 Å². The summed E-state index contributed by atoms with van der Waals surface area (Å²) in [5, 5.41) is 13.8. The maximum atomic E-state index is 13.0. The molecule has 1 atom stereocenters. The molecule has 3 rings (SSSR count). The maximum absolute atomic E-state index is 13.0. The van der Waals surface area contributed by atoms with Gasteiger partial charge in [0.25, 0.3) is 0 Å². The summed E-state index contributed by atoms with van der Waals surface area (Å²) in [7, 11) is 0. The summed E-state index contributed by atoms with van der Waals surface area (Å²) in [5.74, 6) is 0.507. The topological polar surface area (TPSA) is 117 Å². The first-order chi connectivity index (χ1) is 16.4. The van der Waals surface area contributed by atoms with Gasteiger partial charge in [-0.2, -0.15) is 0 Å². The monoisotopic (exact) mass is 478 g/mol. The Hall–Kier alpha value is -3.68. The van der Waals surface area contributed by atoms with Crippen molar-refractivity contribution in [1.29, 1.82) is 5.41 Å². The Morgan fingerprint density at radius 2 is 1.56 bits per heavy atom. The number of hydrogen-bond acceptors (Lipinski definition) is 5. The molecule has 0 aromatic heterocycles. The molecule has 2 amide bonds. The number of carbonyl (C=O) groups excluding carboxylic acids is 2. The first-order valence-electron chi connectivity index (χ1n) is 10.9. The Kier molecular flexibility index (Phi) is 9.20. The van der Waals surface area contributed by atoms with Gasteiger partial charge in [-0.1, -0.05) is 41.9 Å². The van der Waals surface area contributed by atoms with E-state index in [0.29, 0.717) is 35.1 Å². The molecule has 0 spiro atoms. The second-order valence-corrected chi connectivity index (χ2v) is 8.13. The van der Waals surface area contributed by atoms with Gasteiger partial charge < -0.3 is 26.5 Å². The van der Waals surface area contributed by atoms with E-state index < -0.39 is 11.9 Å². The highest BCUT2D eigenvalue weighted by Gasteiger charge is 2.21. The molecule has 0 saturated heterocycles. The van der Waals surface area contributed by atoms with Crippen molar-refractivity contribution in [3.8, 4) is 11.5 Å². The number of carbonyl (C=O) groups is 2. The minimum atomic E-state index is -0.761. The molecular formula is C26H27ClN4O3. The molecule has 7 nitrogen and oxygen atoms in total. The molecule has 176 valence electrons. The average molecular weight is 479 g/mol. The van der Waals surface area contributed by atoms with Crippen LogP contribution in [0.25, 0.3) is 0 Å². The molecule has 3 aromatic carbocycles. The Balaban J connectivity index is 1.63. The van der Waals surface area contributed by atoms with Crippen molar-refractivity contribution in [1.82, 2.24) is 5.32 Å². The van der Waals surface area contributed by atoms with Gasteiger partial charge in [0.2, 0.25) is 11.8 Å². The fraction of sp³-hybridized carbons (Fsp3) is 0.192. The molecule has 34 heavy (non-hydrogen) atoms. The quantitative estimate of drug-likeness (QED) is 0.302. The van der Waals surface area contributed by atoms with Crippen LogP contribution < -0.4 is 21.1 Å². The summed E-state index contributed by atoms with van der Waals surface area (Å²) in [6.45, 7) is -0.00125. The largest absolute Gasteiger partial charge is 0.457 e. The smallest absolute Gasteiger partial charge is 0.246 e. The second-order valence-electron chi connectivity index (χ2n) is 7.70. The van der Waals surface area contributed by atoms with Gasteiger partial charge in [-0.25, -0.2) is 0 Å². The Bertz CT molecular complexity index is 1100. The van der Waals surface area contributed by atoms with Crippen molar-refractivity contribution in [3.63, 3.8) is 0 Å². The lowest BCUT2D eigenvalue weighted by molar-refractivity contribution is -0.125. The van der Waals surface area contributed by atoms with Gasteiger partial charge in [0, 0.05) is 23.0 Å². The fourth-order valence-corrected chi connectivity index (χ4v) is 3.34. The zero-order valence-corrected chi connectivity index (χ0v) is 19.3. The van der Waals surface area contributed by atoms with E-state index in [1.165, 1.54) is 0 Å². The number of anilines is 1.